The second-order valence-electron chi connectivity index (χ2n) is 5.56. The molecule has 0 aromatic carbocycles. The summed E-state index contributed by atoms with van der Waals surface area (Å²) in [6.45, 7) is 1.73. The average Bonchev–Trinajstić information content (AvgIpc) is 2.39. The number of hydrogen-bond donors (Lipinski definition) is 3. The second kappa shape index (κ2) is 10.5. The molecule has 0 spiro atoms. The summed E-state index contributed by atoms with van der Waals surface area (Å²) in [6.07, 6.45) is 11.2. The second-order valence-corrected chi connectivity index (χ2v) is 7.27. The average molecular weight is 309 g/mol. The Morgan fingerprint density at radius 2 is 1.30 bits per heavy atom. The quantitative estimate of drug-likeness (QED) is 0.359. The molecule has 0 saturated heterocycles. The normalized spacial score (nSPS) is 15.2. The van der Waals surface area contributed by atoms with E-state index >= 15 is 0 Å². The molecule has 122 valence electrons. The minimum atomic E-state index is -4.49. The van der Waals surface area contributed by atoms with Gasteiger partial charge in [-0.15, -0.1) is 0 Å². The molecule has 0 bridgehead atoms. The molecule has 0 fully saturated rings. The first-order chi connectivity index (χ1) is 9.37. The molecule has 0 amide bonds. The third kappa shape index (κ3) is 8.19. The largest absolute Gasteiger partial charge is 0.371 e. The van der Waals surface area contributed by atoms with Crippen LogP contribution in [-0.4, -0.2) is 29.6 Å². The van der Waals surface area contributed by atoms with E-state index in [0.717, 1.165) is 19.3 Å². The molecule has 5 nitrogen and oxygen atoms in total. The number of unbranched alkanes of at least 4 members (excludes halogenated alkanes) is 9. The van der Waals surface area contributed by atoms with E-state index in [1.165, 1.54) is 38.5 Å². The van der Waals surface area contributed by atoms with Gasteiger partial charge in [0.25, 0.3) is 10.1 Å². The molecule has 0 aromatic rings. The van der Waals surface area contributed by atoms with Crippen molar-refractivity contribution >= 4 is 10.1 Å². The first kappa shape index (κ1) is 19.8. The van der Waals surface area contributed by atoms with Crippen LogP contribution in [0.3, 0.4) is 0 Å². The Morgan fingerprint density at radius 1 is 0.900 bits per heavy atom. The van der Waals surface area contributed by atoms with Crippen LogP contribution in [0.5, 0.6) is 0 Å². The lowest BCUT2D eigenvalue weighted by atomic mass is 10.0. The number of nitrogens with two attached hydrogens (primary N) is 1. The summed E-state index contributed by atoms with van der Waals surface area (Å²) in [7, 11) is -4.49. The van der Waals surface area contributed by atoms with Gasteiger partial charge in [0.1, 0.15) is 0 Å². The highest BCUT2D eigenvalue weighted by Gasteiger charge is 2.38. The Morgan fingerprint density at radius 3 is 1.65 bits per heavy atom. The molecule has 0 aromatic heterocycles. The van der Waals surface area contributed by atoms with Crippen LogP contribution in [0.1, 0.15) is 77.6 Å². The molecular formula is C14H31NO4S. The third-order valence-electron chi connectivity index (χ3n) is 3.72. The molecule has 1 atom stereocenters. The van der Waals surface area contributed by atoms with Crippen molar-refractivity contribution in [1.82, 2.24) is 0 Å². The summed E-state index contributed by atoms with van der Waals surface area (Å²) in [4.78, 5) is -2.17. The van der Waals surface area contributed by atoms with Crippen molar-refractivity contribution in [2.45, 2.75) is 82.5 Å². The standard InChI is InChI=1S/C14H31NO4S/c1-2-3-4-5-6-7-8-9-10-11-12-14(16,13-15)20(17,18)19/h16H,2-13,15H2,1H3,(H,17,18,19). The molecule has 0 rings (SSSR count). The van der Waals surface area contributed by atoms with Gasteiger partial charge >= 0.3 is 0 Å². The molecule has 0 aliphatic carbocycles. The fraction of sp³-hybridized carbons (Fsp3) is 1.00. The molecule has 0 aliphatic heterocycles. The highest BCUT2D eigenvalue weighted by atomic mass is 32.2. The third-order valence-corrected chi connectivity index (χ3v) is 5.05. The molecule has 0 saturated carbocycles. The van der Waals surface area contributed by atoms with Crippen molar-refractivity contribution in [3.8, 4) is 0 Å². The number of hydrogen-bond acceptors (Lipinski definition) is 4. The van der Waals surface area contributed by atoms with Crippen LogP contribution in [-0.2, 0) is 10.1 Å². The Bertz CT molecular complexity index is 332. The lowest BCUT2D eigenvalue weighted by Gasteiger charge is -2.22. The van der Waals surface area contributed by atoms with E-state index in [1.54, 1.807) is 0 Å². The predicted molar refractivity (Wildman–Crippen MR) is 82.0 cm³/mol. The van der Waals surface area contributed by atoms with Crippen molar-refractivity contribution in [2.75, 3.05) is 6.54 Å². The van der Waals surface area contributed by atoms with Crippen LogP contribution in [0, 0.1) is 0 Å². The van der Waals surface area contributed by atoms with Gasteiger partial charge in [0.2, 0.25) is 4.93 Å². The van der Waals surface area contributed by atoms with Crippen LogP contribution >= 0.6 is 0 Å². The van der Waals surface area contributed by atoms with E-state index < -0.39 is 21.6 Å². The maximum atomic E-state index is 11.0. The first-order valence-corrected chi connectivity index (χ1v) is 9.21. The van der Waals surface area contributed by atoms with E-state index in [-0.39, 0.29) is 6.42 Å². The van der Waals surface area contributed by atoms with Crippen molar-refractivity contribution in [1.29, 1.82) is 0 Å². The topological polar surface area (TPSA) is 101 Å². The zero-order valence-corrected chi connectivity index (χ0v) is 13.5. The zero-order valence-electron chi connectivity index (χ0n) is 12.7. The van der Waals surface area contributed by atoms with Crippen LogP contribution in [0.4, 0.5) is 0 Å². The van der Waals surface area contributed by atoms with Gasteiger partial charge in [-0.3, -0.25) is 4.55 Å². The van der Waals surface area contributed by atoms with Crippen molar-refractivity contribution in [3.63, 3.8) is 0 Å². The molecular weight excluding hydrogens is 278 g/mol. The van der Waals surface area contributed by atoms with E-state index in [0.29, 0.717) is 6.42 Å². The SMILES string of the molecule is CCCCCCCCCCCCC(O)(CN)S(=O)(=O)O. The number of rotatable bonds is 13. The van der Waals surface area contributed by atoms with Gasteiger partial charge in [0, 0.05) is 6.54 Å². The van der Waals surface area contributed by atoms with Gasteiger partial charge < -0.3 is 10.8 Å². The first-order valence-electron chi connectivity index (χ1n) is 7.77. The molecule has 6 heteroatoms. The Balaban J connectivity index is 3.57. The highest BCUT2D eigenvalue weighted by molar-refractivity contribution is 7.87. The van der Waals surface area contributed by atoms with Gasteiger partial charge in [0.05, 0.1) is 0 Å². The van der Waals surface area contributed by atoms with E-state index in [1.807, 2.05) is 0 Å². The summed E-state index contributed by atoms with van der Waals surface area (Å²) >= 11 is 0. The van der Waals surface area contributed by atoms with Crippen molar-refractivity contribution in [2.24, 2.45) is 5.73 Å². The Hall–Kier alpha value is -0.170. The van der Waals surface area contributed by atoms with Gasteiger partial charge in [-0.25, -0.2) is 0 Å². The molecule has 0 heterocycles. The summed E-state index contributed by atoms with van der Waals surface area (Å²) in [6, 6.07) is 0. The minimum absolute atomic E-state index is 0.00116. The zero-order chi connectivity index (χ0) is 15.5. The molecule has 1 unspecified atom stereocenters. The summed E-state index contributed by atoms with van der Waals surface area (Å²) in [5.74, 6) is 0. The Kier molecular flexibility index (Phi) is 10.5. The molecule has 4 N–H and O–H groups in total. The monoisotopic (exact) mass is 309 g/mol. The fourth-order valence-electron chi connectivity index (χ4n) is 2.23. The summed E-state index contributed by atoms with van der Waals surface area (Å²) < 4.78 is 30.9. The van der Waals surface area contributed by atoms with Gasteiger partial charge in [-0.05, 0) is 12.8 Å². The molecule has 20 heavy (non-hydrogen) atoms. The smallest absolute Gasteiger partial charge is 0.296 e. The van der Waals surface area contributed by atoms with Crippen molar-refractivity contribution in [3.05, 3.63) is 0 Å². The summed E-state index contributed by atoms with van der Waals surface area (Å²) in [5, 5.41) is 9.72. The Labute approximate surface area is 123 Å². The minimum Gasteiger partial charge on any atom is -0.371 e. The van der Waals surface area contributed by atoms with E-state index in [4.69, 9.17) is 10.3 Å². The van der Waals surface area contributed by atoms with E-state index in [2.05, 4.69) is 6.92 Å². The van der Waals surface area contributed by atoms with Crippen LogP contribution in [0.15, 0.2) is 0 Å². The maximum absolute atomic E-state index is 11.0. The van der Waals surface area contributed by atoms with Crippen LogP contribution < -0.4 is 5.73 Å². The van der Waals surface area contributed by atoms with Crippen LogP contribution in [0.2, 0.25) is 0 Å². The maximum Gasteiger partial charge on any atom is 0.296 e. The highest BCUT2D eigenvalue weighted by Crippen LogP contribution is 2.20. The fourth-order valence-corrected chi connectivity index (χ4v) is 2.84. The predicted octanol–water partition coefficient (Wildman–Crippen LogP) is 2.83. The van der Waals surface area contributed by atoms with Crippen LogP contribution in [0.25, 0.3) is 0 Å². The lowest BCUT2D eigenvalue weighted by molar-refractivity contribution is 0.109. The number of aliphatic hydroxyl groups is 1. The molecule has 0 radical (unpaired) electrons. The van der Waals surface area contributed by atoms with Crippen molar-refractivity contribution < 1.29 is 18.1 Å². The van der Waals surface area contributed by atoms with Gasteiger partial charge in [-0.2, -0.15) is 8.42 Å². The van der Waals surface area contributed by atoms with Gasteiger partial charge in [0.15, 0.2) is 0 Å². The lowest BCUT2D eigenvalue weighted by Crippen LogP contribution is -2.45. The van der Waals surface area contributed by atoms with Gasteiger partial charge in [-0.1, -0.05) is 64.7 Å². The summed E-state index contributed by atoms with van der Waals surface area (Å²) in [5.41, 5.74) is 5.22. The molecule has 0 aliphatic rings. The van der Waals surface area contributed by atoms with E-state index in [9.17, 15) is 13.5 Å².